The van der Waals surface area contributed by atoms with Crippen LogP contribution in [0.4, 0.5) is 5.69 Å². The lowest BCUT2D eigenvalue weighted by Gasteiger charge is -2.10. The Labute approximate surface area is 164 Å². The van der Waals surface area contributed by atoms with E-state index in [4.69, 9.17) is 11.6 Å². The Kier molecular flexibility index (Phi) is 4.16. The van der Waals surface area contributed by atoms with Gasteiger partial charge in [-0.3, -0.25) is 14.8 Å². The molecule has 4 aromatic rings. The maximum absolute atomic E-state index is 13.4. The van der Waals surface area contributed by atoms with Crippen LogP contribution in [0.15, 0.2) is 59.9 Å². The molecule has 0 saturated carbocycles. The molecule has 0 N–H and O–H groups in total. The van der Waals surface area contributed by atoms with Gasteiger partial charge in [0.1, 0.15) is 11.2 Å². The second-order valence-corrected chi connectivity index (χ2v) is 8.13. The van der Waals surface area contributed by atoms with Crippen molar-refractivity contribution < 1.29 is 13.3 Å². The van der Waals surface area contributed by atoms with Crippen molar-refractivity contribution in [2.75, 3.05) is 0 Å². The first-order chi connectivity index (χ1) is 13.3. The fraction of sp³-hybridized carbons (Fsp3) is 0.0588. The largest absolute Gasteiger partial charge is 0.306 e. The summed E-state index contributed by atoms with van der Waals surface area (Å²) < 4.78 is 29.3. The molecule has 0 amide bonds. The lowest BCUT2D eigenvalue weighted by atomic mass is 10.2. The molecule has 0 spiro atoms. The van der Waals surface area contributed by atoms with Crippen LogP contribution in [0.25, 0.3) is 22.3 Å². The second-order valence-electron chi connectivity index (χ2n) is 5.97. The van der Waals surface area contributed by atoms with Crippen molar-refractivity contribution in [2.24, 2.45) is 7.05 Å². The van der Waals surface area contributed by atoms with Crippen LogP contribution in [-0.4, -0.2) is 32.1 Å². The Morgan fingerprint density at radius 1 is 1.18 bits per heavy atom. The van der Waals surface area contributed by atoms with Gasteiger partial charge in [-0.25, -0.2) is 17.4 Å². The third-order valence-electron chi connectivity index (χ3n) is 4.18. The third kappa shape index (κ3) is 2.74. The molecule has 9 nitrogen and oxygen atoms in total. The van der Waals surface area contributed by atoms with Gasteiger partial charge in [0.15, 0.2) is 5.65 Å². The molecule has 0 saturated heterocycles. The summed E-state index contributed by atoms with van der Waals surface area (Å²) in [6.45, 7) is 0. The number of benzene rings is 1. The number of rotatable bonds is 4. The van der Waals surface area contributed by atoms with Gasteiger partial charge in [-0.05, 0) is 18.2 Å². The molecule has 11 heteroatoms. The number of halogens is 1. The number of aryl methyl sites for hydroxylation is 1. The standard InChI is InChI=1S/C17H12ClN5O4S/c1-21-10-11(8-20-21)14-7-13-16(18)15(23(24)25)9-19-17(13)22(14)28(26,27)12-5-3-2-4-6-12/h2-10H,1H3. The number of pyridine rings is 1. The Morgan fingerprint density at radius 3 is 2.50 bits per heavy atom. The van der Waals surface area contributed by atoms with Gasteiger partial charge in [0.25, 0.3) is 10.0 Å². The summed E-state index contributed by atoms with van der Waals surface area (Å²) in [5, 5.41) is 15.2. The normalized spacial score (nSPS) is 11.8. The highest BCUT2D eigenvalue weighted by molar-refractivity contribution is 7.90. The van der Waals surface area contributed by atoms with Crippen LogP contribution in [-0.2, 0) is 17.1 Å². The average molecular weight is 418 g/mol. The van der Waals surface area contributed by atoms with Crippen molar-refractivity contribution in [2.45, 2.75) is 4.90 Å². The van der Waals surface area contributed by atoms with Gasteiger partial charge in [-0.1, -0.05) is 29.8 Å². The van der Waals surface area contributed by atoms with Crippen LogP contribution in [0, 0.1) is 10.1 Å². The SMILES string of the molecule is Cn1cc(-c2cc3c(Cl)c([N+](=O)[O-])cnc3n2S(=O)(=O)c2ccccc2)cn1. The molecule has 28 heavy (non-hydrogen) atoms. The number of nitrogens with zero attached hydrogens (tertiary/aromatic N) is 5. The molecule has 0 aliphatic heterocycles. The van der Waals surface area contributed by atoms with Crippen molar-refractivity contribution in [1.29, 1.82) is 0 Å². The highest BCUT2D eigenvalue weighted by atomic mass is 35.5. The van der Waals surface area contributed by atoms with E-state index in [9.17, 15) is 18.5 Å². The summed E-state index contributed by atoms with van der Waals surface area (Å²) in [7, 11) is -2.36. The first-order valence-corrected chi connectivity index (χ1v) is 9.76. The van der Waals surface area contributed by atoms with E-state index in [1.807, 2.05) is 0 Å². The summed E-state index contributed by atoms with van der Waals surface area (Å²) in [5.41, 5.74) is 0.347. The van der Waals surface area contributed by atoms with E-state index in [1.54, 1.807) is 31.4 Å². The monoisotopic (exact) mass is 417 g/mol. The average Bonchev–Trinajstić information content (AvgIpc) is 3.26. The van der Waals surface area contributed by atoms with E-state index in [1.165, 1.54) is 29.1 Å². The van der Waals surface area contributed by atoms with Crippen molar-refractivity contribution >= 4 is 38.3 Å². The van der Waals surface area contributed by atoms with Crippen molar-refractivity contribution in [3.63, 3.8) is 0 Å². The van der Waals surface area contributed by atoms with Gasteiger partial charge in [0.2, 0.25) is 0 Å². The first-order valence-electron chi connectivity index (χ1n) is 7.94. The number of hydrogen-bond donors (Lipinski definition) is 0. The zero-order chi connectivity index (χ0) is 20.1. The van der Waals surface area contributed by atoms with Crippen LogP contribution in [0.3, 0.4) is 0 Å². The lowest BCUT2D eigenvalue weighted by molar-refractivity contribution is -0.384. The molecule has 0 aliphatic carbocycles. The van der Waals surface area contributed by atoms with Crippen LogP contribution < -0.4 is 0 Å². The summed E-state index contributed by atoms with van der Waals surface area (Å²) in [4.78, 5) is 14.6. The fourth-order valence-corrected chi connectivity index (χ4v) is 4.67. The maximum atomic E-state index is 13.4. The number of fused-ring (bicyclic) bond motifs is 1. The number of nitro groups is 1. The van der Waals surface area contributed by atoms with E-state index in [2.05, 4.69) is 10.1 Å². The molecule has 1 aromatic carbocycles. The molecule has 0 bridgehead atoms. The number of hydrogen-bond acceptors (Lipinski definition) is 6. The molecule has 0 radical (unpaired) electrons. The molecule has 0 aliphatic rings. The molecule has 0 unspecified atom stereocenters. The minimum absolute atomic E-state index is 0.00157. The minimum atomic E-state index is -4.05. The Hall–Kier alpha value is -3.24. The van der Waals surface area contributed by atoms with E-state index in [-0.39, 0.29) is 26.6 Å². The Balaban J connectivity index is 2.11. The van der Waals surface area contributed by atoms with Crippen molar-refractivity contribution in [1.82, 2.24) is 18.7 Å². The van der Waals surface area contributed by atoms with Gasteiger partial charge in [0.05, 0.1) is 21.7 Å². The summed E-state index contributed by atoms with van der Waals surface area (Å²) >= 11 is 6.20. The zero-order valence-electron chi connectivity index (χ0n) is 14.4. The highest BCUT2D eigenvalue weighted by Crippen LogP contribution is 2.37. The first kappa shape index (κ1) is 18.1. The summed E-state index contributed by atoms with van der Waals surface area (Å²) in [6, 6.07) is 9.30. The molecule has 3 aromatic heterocycles. The molecular formula is C17H12ClN5O4S. The topological polar surface area (TPSA) is 113 Å². The molecular weight excluding hydrogens is 406 g/mol. The third-order valence-corrected chi connectivity index (χ3v) is 6.30. The fourth-order valence-electron chi connectivity index (χ4n) is 2.91. The smallest absolute Gasteiger partial charge is 0.275 e. The highest BCUT2D eigenvalue weighted by Gasteiger charge is 2.28. The quantitative estimate of drug-likeness (QED) is 0.372. The number of aromatic nitrogens is 4. The molecule has 3 heterocycles. The van der Waals surface area contributed by atoms with Crippen LogP contribution in [0.5, 0.6) is 0 Å². The van der Waals surface area contributed by atoms with Gasteiger partial charge < -0.3 is 0 Å². The minimum Gasteiger partial charge on any atom is -0.275 e. The van der Waals surface area contributed by atoms with E-state index >= 15 is 0 Å². The van der Waals surface area contributed by atoms with Gasteiger partial charge in [0, 0.05) is 24.2 Å². The van der Waals surface area contributed by atoms with Gasteiger partial charge in [-0.15, -0.1) is 0 Å². The Bertz CT molecular complexity index is 1330. The van der Waals surface area contributed by atoms with Crippen molar-refractivity contribution in [3.05, 3.63) is 70.1 Å². The van der Waals surface area contributed by atoms with Crippen LogP contribution >= 0.6 is 11.6 Å². The second kappa shape index (κ2) is 6.43. The van der Waals surface area contributed by atoms with E-state index < -0.39 is 20.6 Å². The molecule has 0 fully saturated rings. The summed E-state index contributed by atoms with van der Waals surface area (Å²) in [6.07, 6.45) is 4.08. The molecule has 0 atom stereocenters. The Morgan fingerprint density at radius 2 is 1.89 bits per heavy atom. The molecule has 142 valence electrons. The van der Waals surface area contributed by atoms with Crippen LogP contribution in [0.2, 0.25) is 5.02 Å². The molecule has 4 rings (SSSR count). The van der Waals surface area contributed by atoms with Gasteiger partial charge in [-0.2, -0.15) is 5.10 Å². The predicted molar refractivity (Wildman–Crippen MR) is 103 cm³/mol. The predicted octanol–water partition coefficient (Wildman–Crippen LogP) is 3.24. The van der Waals surface area contributed by atoms with Crippen LogP contribution in [0.1, 0.15) is 0 Å². The van der Waals surface area contributed by atoms with Crippen molar-refractivity contribution in [3.8, 4) is 11.3 Å². The zero-order valence-corrected chi connectivity index (χ0v) is 15.9. The maximum Gasteiger partial charge on any atom is 0.306 e. The van der Waals surface area contributed by atoms with E-state index in [0.717, 1.165) is 10.2 Å². The lowest BCUT2D eigenvalue weighted by Crippen LogP contribution is -2.14. The van der Waals surface area contributed by atoms with E-state index in [0.29, 0.717) is 5.56 Å². The summed E-state index contributed by atoms with van der Waals surface area (Å²) in [5.74, 6) is 0. The van der Waals surface area contributed by atoms with Gasteiger partial charge >= 0.3 is 5.69 Å².